The molecule has 3 unspecified atom stereocenters. The third-order valence-electron chi connectivity index (χ3n) is 4.10. The molecular weight excluding hydrogens is 296 g/mol. The van der Waals surface area contributed by atoms with Gasteiger partial charge in [0.15, 0.2) is 0 Å². The van der Waals surface area contributed by atoms with Gasteiger partial charge in [0.2, 0.25) is 0 Å². The van der Waals surface area contributed by atoms with Gasteiger partial charge in [-0.3, -0.25) is 4.79 Å². The number of esters is 1. The lowest BCUT2D eigenvalue weighted by atomic mass is 9.93. The van der Waals surface area contributed by atoms with E-state index in [1.165, 1.54) is 4.31 Å². The Hall–Kier alpha value is -0.700. The molecule has 2 N–H and O–H groups in total. The largest absolute Gasteiger partial charge is 0.465 e. The summed E-state index contributed by atoms with van der Waals surface area (Å²) < 4.78 is 33.6. The van der Waals surface area contributed by atoms with Crippen molar-refractivity contribution in [3.63, 3.8) is 0 Å². The lowest BCUT2D eigenvalue weighted by molar-refractivity contribution is -0.146. The number of carbonyl (C=O) groups excluding carboxylic acids is 1. The van der Waals surface area contributed by atoms with Gasteiger partial charge >= 0.3 is 5.97 Å². The summed E-state index contributed by atoms with van der Waals surface area (Å²) in [5.74, 6) is -0.496. The molecule has 2 fully saturated rings. The summed E-state index contributed by atoms with van der Waals surface area (Å²) in [7, 11) is -3.78. The maximum atomic E-state index is 12.5. The van der Waals surface area contributed by atoms with Crippen LogP contribution in [0.3, 0.4) is 0 Å². The number of ether oxygens (including phenoxy) is 1. The minimum absolute atomic E-state index is 0.234. The summed E-state index contributed by atoms with van der Waals surface area (Å²) in [4.78, 5) is 11.9. The van der Waals surface area contributed by atoms with E-state index in [9.17, 15) is 18.3 Å². The molecule has 0 aromatic rings. The smallest absolute Gasteiger partial charge is 0.324 e. The predicted octanol–water partition coefficient (Wildman–Crippen LogP) is 0.152. The number of carbonyl (C=O) groups is 1. The average molecular weight is 320 g/mol. The van der Waals surface area contributed by atoms with Crippen LogP contribution in [0, 0.1) is 0 Å². The second-order valence-corrected chi connectivity index (χ2v) is 7.26. The van der Waals surface area contributed by atoms with Crippen molar-refractivity contribution in [2.75, 3.05) is 13.2 Å². The van der Waals surface area contributed by atoms with Crippen molar-refractivity contribution in [1.82, 2.24) is 9.03 Å². The fourth-order valence-electron chi connectivity index (χ4n) is 3.01. The molecule has 1 aliphatic carbocycles. The zero-order valence-corrected chi connectivity index (χ0v) is 13.1. The lowest BCUT2D eigenvalue weighted by Crippen LogP contribution is -2.53. The molecule has 8 heteroatoms. The summed E-state index contributed by atoms with van der Waals surface area (Å²) in [6.45, 7) is 2.24. The lowest BCUT2D eigenvalue weighted by Gasteiger charge is -2.31. The standard InChI is InChI=1S/C13H24N2O5S/c1-2-20-13(17)11-7-5-9-15(11)21(18,19)14-10-6-3-4-8-12(10)16/h10-12,14,16H,2-9H2,1H3. The molecule has 0 spiro atoms. The van der Waals surface area contributed by atoms with Crippen molar-refractivity contribution in [2.45, 2.75) is 63.6 Å². The molecule has 0 aromatic heterocycles. The quantitative estimate of drug-likeness (QED) is 0.703. The van der Waals surface area contributed by atoms with E-state index in [-0.39, 0.29) is 6.61 Å². The van der Waals surface area contributed by atoms with Crippen molar-refractivity contribution >= 4 is 16.2 Å². The highest BCUT2D eigenvalue weighted by Crippen LogP contribution is 2.24. The van der Waals surface area contributed by atoms with Crippen LogP contribution in [0.4, 0.5) is 0 Å². The molecule has 0 radical (unpaired) electrons. The highest BCUT2D eigenvalue weighted by molar-refractivity contribution is 7.87. The first-order chi connectivity index (χ1) is 9.95. The third-order valence-corrected chi connectivity index (χ3v) is 5.76. The number of rotatable bonds is 5. The summed E-state index contributed by atoms with van der Waals surface area (Å²) >= 11 is 0. The molecule has 1 saturated heterocycles. The van der Waals surface area contributed by atoms with Crippen molar-refractivity contribution < 1.29 is 23.1 Å². The van der Waals surface area contributed by atoms with Crippen molar-refractivity contribution in [3.8, 4) is 0 Å². The Morgan fingerprint density at radius 1 is 1.29 bits per heavy atom. The van der Waals surface area contributed by atoms with E-state index in [0.717, 1.165) is 12.8 Å². The van der Waals surface area contributed by atoms with Gasteiger partial charge in [-0.05, 0) is 32.6 Å². The van der Waals surface area contributed by atoms with Gasteiger partial charge in [-0.1, -0.05) is 12.8 Å². The Morgan fingerprint density at radius 3 is 2.67 bits per heavy atom. The van der Waals surface area contributed by atoms with Gasteiger partial charge in [-0.2, -0.15) is 17.4 Å². The first-order valence-corrected chi connectivity index (χ1v) is 9.03. The van der Waals surface area contributed by atoms with Gasteiger partial charge in [0.05, 0.1) is 12.7 Å². The van der Waals surface area contributed by atoms with Gasteiger partial charge in [-0.15, -0.1) is 0 Å². The number of nitrogens with zero attached hydrogens (tertiary/aromatic N) is 1. The van der Waals surface area contributed by atoms with Crippen molar-refractivity contribution in [3.05, 3.63) is 0 Å². The maximum Gasteiger partial charge on any atom is 0.324 e. The summed E-state index contributed by atoms with van der Waals surface area (Å²) in [6.07, 6.45) is 3.49. The molecule has 2 aliphatic rings. The van der Waals surface area contributed by atoms with Crippen molar-refractivity contribution in [2.24, 2.45) is 0 Å². The van der Waals surface area contributed by atoms with E-state index in [1.54, 1.807) is 6.92 Å². The Balaban J connectivity index is 2.05. The number of nitrogens with one attached hydrogen (secondary N) is 1. The van der Waals surface area contributed by atoms with E-state index in [0.29, 0.717) is 32.2 Å². The van der Waals surface area contributed by atoms with Crippen LogP contribution in [0.25, 0.3) is 0 Å². The molecule has 1 aliphatic heterocycles. The normalized spacial score (nSPS) is 31.2. The molecule has 21 heavy (non-hydrogen) atoms. The average Bonchev–Trinajstić information content (AvgIpc) is 2.92. The third kappa shape index (κ3) is 3.94. The molecule has 0 aromatic carbocycles. The summed E-state index contributed by atoms with van der Waals surface area (Å²) in [5, 5.41) is 9.90. The molecule has 1 heterocycles. The van der Waals surface area contributed by atoms with Crippen LogP contribution in [0.15, 0.2) is 0 Å². The van der Waals surface area contributed by atoms with Crippen LogP contribution in [-0.4, -0.2) is 55.1 Å². The van der Waals surface area contributed by atoms with Gasteiger partial charge in [0.25, 0.3) is 10.2 Å². The molecule has 0 amide bonds. The van der Waals surface area contributed by atoms with Crippen LogP contribution < -0.4 is 4.72 Å². The molecule has 1 saturated carbocycles. The van der Waals surface area contributed by atoms with Crippen LogP contribution in [0.2, 0.25) is 0 Å². The van der Waals surface area contributed by atoms with Crippen molar-refractivity contribution in [1.29, 1.82) is 0 Å². The zero-order chi connectivity index (χ0) is 15.5. The monoisotopic (exact) mass is 320 g/mol. The minimum atomic E-state index is -3.78. The Morgan fingerprint density at radius 2 is 2.00 bits per heavy atom. The number of hydrogen-bond acceptors (Lipinski definition) is 5. The van der Waals surface area contributed by atoms with Crippen LogP contribution >= 0.6 is 0 Å². The molecular formula is C13H24N2O5S. The molecule has 3 atom stereocenters. The zero-order valence-electron chi connectivity index (χ0n) is 12.3. The van der Waals surface area contributed by atoms with E-state index < -0.39 is 34.4 Å². The van der Waals surface area contributed by atoms with Gasteiger partial charge in [0.1, 0.15) is 6.04 Å². The summed E-state index contributed by atoms with van der Waals surface area (Å²) in [6, 6.07) is -1.21. The number of aliphatic hydroxyl groups excluding tert-OH is 1. The second kappa shape index (κ2) is 7.04. The summed E-state index contributed by atoms with van der Waals surface area (Å²) in [5.41, 5.74) is 0. The van der Waals surface area contributed by atoms with E-state index in [1.807, 2.05) is 0 Å². The predicted molar refractivity (Wildman–Crippen MR) is 76.7 cm³/mol. The highest BCUT2D eigenvalue weighted by atomic mass is 32.2. The van der Waals surface area contributed by atoms with Crippen LogP contribution in [0.1, 0.15) is 45.4 Å². The maximum absolute atomic E-state index is 12.5. The first-order valence-electron chi connectivity index (χ1n) is 7.59. The molecule has 7 nitrogen and oxygen atoms in total. The second-order valence-electron chi connectivity index (χ2n) is 5.60. The Labute approximate surface area is 125 Å². The van der Waals surface area contributed by atoms with Crippen LogP contribution in [-0.2, 0) is 19.7 Å². The minimum Gasteiger partial charge on any atom is -0.465 e. The Kier molecular flexibility index (Phi) is 5.59. The van der Waals surface area contributed by atoms with Gasteiger partial charge < -0.3 is 9.84 Å². The first kappa shape index (κ1) is 16.7. The molecule has 2 rings (SSSR count). The fourth-order valence-corrected chi connectivity index (χ4v) is 4.70. The Bertz CT molecular complexity index is 467. The SMILES string of the molecule is CCOC(=O)C1CCCN1S(=O)(=O)NC1CCCCC1O. The number of aliphatic hydroxyl groups is 1. The number of hydrogen-bond donors (Lipinski definition) is 2. The van der Waals surface area contributed by atoms with E-state index in [4.69, 9.17) is 4.74 Å². The van der Waals surface area contributed by atoms with Crippen LogP contribution in [0.5, 0.6) is 0 Å². The van der Waals surface area contributed by atoms with Gasteiger partial charge in [0, 0.05) is 12.6 Å². The topological polar surface area (TPSA) is 95.9 Å². The van der Waals surface area contributed by atoms with Gasteiger partial charge in [-0.25, -0.2) is 0 Å². The molecule has 122 valence electrons. The highest BCUT2D eigenvalue weighted by Gasteiger charge is 2.41. The molecule has 0 bridgehead atoms. The fraction of sp³-hybridized carbons (Fsp3) is 0.923. The van der Waals surface area contributed by atoms with E-state index >= 15 is 0 Å². The van der Waals surface area contributed by atoms with E-state index in [2.05, 4.69) is 4.72 Å².